The first-order valence-electron chi connectivity index (χ1n) is 16.8. The van der Waals surface area contributed by atoms with Gasteiger partial charge in [-0.3, -0.25) is 14.4 Å². The monoisotopic (exact) mass is 646 g/mol. The third kappa shape index (κ3) is 13.8. The van der Waals surface area contributed by atoms with Crippen molar-refractivity contribution < 1.29 is 24.6 Å². The van der Waals surface area contributed by atoms with Gasteiger partial charge in [0, 0.05) is 33.0 Å². The lowest BCUT2D eigenvalue weighted by Crippen LogP contribution is -2.57. The normalized spacial score (nSPS) is 16.5. The highest BCUT2D eigenvalue weighted by molar-refractivity contribution is 5.91. The lowest BCUT2D eigenvalue weighted by Gasteiger charge is -2.34. The van der Waals surface area contributed by atoms with Crippen LogP contribution >= 0.6 is 0 Å². The summed E-state index contributed by atoms with van der Waals surface area (Å²) < 4.78 is 0. The van der Waals surface area contributed by atoms with Gasteiger partial charge in [-0.1, -0.05) is 74.3 Å². The molecule has 2 rings (SSSR count). The number of aliphatic hydroxyl groups is 2. The topological polar surface area (TPSA) is 122 Å². The summed E-state index contributed by atoms with van der Waals surface area (Å²) >= 11 is 0. The number of rotatable bonds is 19. The summed E-state index contributed by atoms with van der Waals surface area (Å²) in [7, 11) is 5.54. The molecule has 0 radical (unpaired) electrons. The molecule has 1 saturated carbocycles. The number of carbonyl (C=O) groups is 3. The Morgan fingerprint density at radius 2 is 1.60 bits per heavy atom. The van der Waals surface area contributed by atoms with Gasteiger partial charge in [0.1, 0.15) is 12.0 Å². The van der Waals surface area contributed by atoms with Crippen LogP contribution in [0.25, 0.3) is 0 Å². The first-order chi connectivity index (χ1) is 22.5. The SMILES string of the molecule is C#CCCC[C@H](O)[C@H](O)[C@H](CC1CCCCC1)NC(=O)[C@@H](NC(=O)[C@@H](CC(=O)N(C)CCN(C)C)Cc1ccccc1)C(C#C)C#C. The summed E-state index contributed by atoms with van der Waals surface area (Å²) in [6.45, 7) is 1.16. The van der Waals surface area contributed by atoms with Crippen LogP contribution in [-0.2, 0) is 20.8 Å². The Balaban J connectivity index is 2.32. The summed E-state index contributed by atoms with van der Waals surface area (Å²) in [4.78, 5) is 44.6. The molecule has 5 atom stereocenters. The molecule has 1 fully saturated rings. The van der Waals surface area contributed by atoms with Gasteiger partial charge in [0.2, 0.25) is 17.7 Å². The van der Waals surface area contributed by atoms with Gasteiger partial charge < -0.3 is 30.6 Å². The number of nitrogens with one attached hydrogen (secondary N) is 2. The van der Waals surface area contributed by atoms with Crippen molar-refractivity contribution in [2.75, 3.05) is 34.2 Å². The van der Waals surface area contributed by atoms with Gasteiger partial charge in [-0.25, -0.2) is 0 Å². The lowest BCUT2D eigenvalue weighted by molar-refractivity contribution is -0.137. The fourth-order valence-electron chi connectivity index (χ4n) is 6.00. The minimum absolute atomic E-state index is 0.0807. The fourth-order valence-corrected chi connectivity index (χ4v) is 6.00. The van der Waals surface area contributed by atoms with Gasteiger partial charge in [0.25, 0.3) is 0 Å². The van der Waals surface area contributed by atoms with Crippen LogP contribution in [0, 0.1) is 54.8 Å². The molecule has 1 aromatic carbocycles. The standard InChI is InChI=1S/C38H54N4O5/c1-7-10-13-22-33(43)36(45)32(26-29-20-16-12-17-21-29)39-38(47)35(30(8-2)9-3)40-37(46)31(25-28-18-14-11-15-19-28)27-34(44)42(6)24-23-41(4)5/h1-3,11,14-15,18-19,29-33,35-36,43,45H,10,12-13,16-17,20-27H2,4-6H3,(H,39,47)(H,40,46)/t31-,32+,33+,35+,36-/m1/s1. The molecule has 256 valence electrons. The second-order valence-electron chi connectivity index (χ2n) is 13.0. The van der Waals surface area contributed by atoms with E-state index in [0.29, 0.717) is 32.4 Å². The predicted octanol–water partition coefficient (Wildman–Crippen LogP) is 2.60. The van der Waals surface area contributed by atoms with Crippen LogP contribution in [0.1, 0.15) is 69.8 Å². The minimum atomic E-state index is -1.32. The highest BCUT2D eigenvalue weighted by Gasteiger charge is 2.36. The molecule has 1 aliphatic rings. The number of unbranched alkanes of at least 4 members (excludes halogenated alkanes) is 1. The van der Waals surface area contributed by atoms with Crippen molar-refractivity contribution in [3.8, 4) is 37.0 Å². The molecular weight excluding hydrogens is 592 g/mol. The highest BCUT2D eigenvalue weighted by atomic mass is 16.3. The van der Waals surface area contributed by atoms with Crippen LogP contribution in [0.2, 0.25) is 0 Å². The number of hydrogen-bond donors (Lipinski definition) is 4. The third-order valence-electron chi connectivity index (χ3n) is 8.96. The Morgan fingerprint density at radius 3 is 2.19 bits per heavy atom. The second kappa shape index (κ2) is 21.1. The first kappa shape index (κ1) is 39.4. The summed E-state index contributed by atoms with van der Waals surface area (Å²) in [5.74, 6) is 4.37. The van der Waals surface area contributed by atoms with Gasteiger partial charge in [-0.15, -0.1) is 25.2 Å². The van der Waals surface area contributed by atoms with Crippen molar-refractivity contribution in [3.63, 3.8) is 0 Å². The van der Waals surface area contributed by atoms with E-state index >= 15 is 0 Å². The van der Waals surface area contributed by atoms with Crippen LogP contribution in [0.15, 0.2) is 30.3 Å². The van der Waals surface area contributed by atoms with Crippen molar-refractivity contribution in [2.45, 2.75) is 94.9 Å². The molecular formula is C38H54N4O5. The average Bonchev–Trinajstić information content (AvgIpc) is 3.07. The number of nitrogens with zero attached hydrogens (tertiary/aromatic N) is 2. The van der Waals surface area contributed by atoms with Gasteiger partial charge >= 0.3 is 0 Å². The molecule has 0 aromatic heterocycles. The van der Waals surface area contributed by atoms with Crippen LogP contribution in [0.4, 0.5) is 0 Å². The molecule has 4 N–H and O–H groups in total. The van der Waals surface area contributed by atoms with E-state index in [2.05, 4.69) is 28.4 Å². The van der Waals surface area contributed by atoms with Gasteiger partial charge in [-0.05, 0) is 51.3 Å². The molecule has 0 saturated heterocycles. The molecule has 1 aliphatic carbocycles. The molecule has 0 bridgehead atoms. The van der Waals surface area contributed by atoms with E-state index in [4.69, 9.17) is 19.3 Å². The van der Waals surface area contributed by atoms with Crippen LogP contribution in [0.5, 0.6) is 0 Å². The predicted molar refractivity (Wildman–Crippen MR) is 185 cm³/mol. The van der Waals surface area contributed by atoms with E-state index in [1.54, 1.807) is 11.9 Å². The summed E-state index contributed by atoms with van der Waals surface area (Å²) in [6.07, 6.45) is 21.6. The Morgan fingerprint density at radius 1 is 0.936 bits per heavy atom. The van der Waals surface area contributed by atoms with E-state index in [1.165, 1.54) is 0 Å². The maximum absolute atomic E-state index is 13.9. The summed E-state index contributed by atoms with van der Waals surface area (Å²) in [5.41, 5.74) is 0.859. The van der Waals surface area contributed by atoms with E-state index in [-0.39, 0.29) is 31.1 Å². The van der Waals surface area contributed by atoms with Gasteiger partial charge in [0.15, 0.2) is 0 Å². The highest BCUT2D eigenvalue weighted by Crippen LogP contribution is 2.29. The number of amides is 3. The van der Waals surface area contributed by atoms with Crippen molar-refractivity contribution >= 4 is 17.7 Å². The molecule has 9 heteroatoms. The Hall–Kier alpha value is -3.81. The fraction of sp³-hybridized carbons (Fsp3) is 0.605. The number of terminal acetylenes is 3. The molecule has 47 heavy (non-hydrogen) atoms. The quantitative estimate of drug-likeness (QED) is 0.136. The maximum atomic E-state index is 13.9. The molecule has 0 spiro atoms. The number of hydrogen-bond acceptors (Lipinski definition) is 6. The van der Waals surface area contributed by atoms with Crippen molar-refractivity contribution in [1.29, 1.82) is 0 Å². The van der Waals surface area contributed by atoms with Crippen molar-refractivity contribution in [1.82, 2.24) is 20.4 Å². The van der Waals surface area contributed by atoms with Crippen molar-refractivity contribution in [2.24, 2.45) is 17.8 Å². The molecule has 0 aliphatic heterocycles. The van der Waals surface area contributed by atoms with E-state index < -0.39 is 47.9 Å². The summed E-state index contributed by atoms with van der Waals surface area (Å²) in [6, 6.07) is 7.22. The second-order valence-corrected chi connectivity index (χ2v) is 13.0. The minimum Gasteiger partial charge on any atom is -0.390 e. The Labute approximate surface area is 282 Å². The Kier molecular flexibility index (Phi) is 17.7. The van der Waals surface area contributed by atoms with E-state index in [1.807, 2.05) is 49.3 Å². The zero-order valence-electron chi connectivity index (χ0n) is 28.4. The maximum Gasteiger partial charge on any atom is 0.245 e. The van der Waals surface area contributed by atoms with E-state index in [0.717, 1.165) is 37.7 Å². The number of carbonyl (C=O) groups excluding carboxylic acids is 3. The van der Waals surface area contributed by atoms with Crippen molar-refractivity contribution in [3.05, 3.63) is 35.9 Å². The van der Waals surface area contributed by atoms with Gasteiger partial charge in [-0.2, -0.15) is 0 Å². The molecule has 9 nitrogen and oxygen atoms in total. The zero-order chi connectivity index (χ0) is 34.8. The average molecular weight is 647 g/mol. The zero-order valence-corrected chi connectivity index (χ0v) is 28.4. The molecule has 1 aromatic rings. The first-order valence-corrected chi connectivity index (χ1v) is 16.8. The number of aliphatic hydroxyl groups excluding tert-OH is 2. The molecule has 0 unspecified atom stereocenters. The molecule has 3 amide bonds. The largest absolute Gasteiger partial charge is 0.390 e. The summed E-state index contributed by atoms with van der Waals surface area (Å²) in [5, 5.41) is 27.7. The molecule has 0 heterocycles. The smallest absolute Gasteiger partial charge is 0.245 e. The van der Waals surface area contributed by atoms with Crippen LogP contribution < -0.4 is 10.6 Å². The van der Waals surface area contributed by atoms with Crippen LogP contribution in [0.3, 0.4) is 0 Å². The van der Waals surface area contributed by atoms with Crippen LogP contribution in [-0.4, -0.2) is 96.3 Å². The Bertz CT molecular complexity index is 1230. The third-order valence-corrected chi connectivity index (χ3v) is 8.96. The lowest BCUT2D eigenvalue weighted by atomic mass is 9.82. The van der Waals surface area contributed by atoms with Gasteiger partial charge in [0.05, 0.1) is 24.2 Å². The van der Waals surface area contributed by atoms with E-state index in [9.17, 15) is 24.6 Å². The number of likely N-dealkylation sites (N-methyl/N-ethyl adjacent to an activating group) is 2. The number of benzene rings is 1.